The second-order valence-electron chi connectivity index (χ2n) is 4.24. The number of hydrogen-bond donors (Lipinski definition) is 0. The van der Waals surface area contributed by atoms with Crippen molar-refractivity contribution < 1.29 is 12.8 Å². The number of benzene rings is 1. The average molecular weight is 334 g/mol. The molecule has 1 heterocycles. The van der Waals surface area contributed by atoms with Gasteiger partial charge < -0.3 is 0 Å². The van der Waals surface area contributed by atoms with Gasteiger partial charge in [-0.1, -0.05) is 27.6 Å². The normalized spacial score (nSPS) is 17.6. The summed E-state index contributed by atoms with van der Waals surface area (Å²) >= 11 is 3.11. The minimum atomic E-state index is -3.74. The fourth-order valence-corrected chi connectivity index (χ4v) is 3.55. The molecule has 0 aliphatic carbocycles. The van der Waals surface area contributed by atoms with Gasteiger partial charge in [0.05, 0.1) is 0 Å². The highest BCUT2D eigenvalue weighted by Crippen LogP contribution is 2.24. The van der Waals surface area contributed by atoms with E-state index in [0.717, 1.165) is 11.6 Å². The Kier molecular flexibility index (Phi) is 3.89. The maximum Gasteiger partial charge on any atom is 0.246 e. The predicted octanol–water partition coefficient (Wildman–Crippen LogP) is 2.93. The van der Waals surface area contributed by atoms with Crippen LogP contribution in [0.3, 0.4) is 0 Å². The van der Waals surface area contributed by atoms with Crippen LogP contribution in [0.2, 0.25) is 0 Å². The van der Waals surface area contributed by atoms with Crippen molar-refractivity contribution in [1.29, 1.82) is 0 Å². The maximum absolute atomic E-state index is 13.7. The fourth-order valence-electron chi connectivity index (χ4n) is 1.79. The van der Waals surface area contributed by atoms with Crippen LogP contribution in [-0.2, 0) is 10.0 Å². The molecule has 18 heavy (non-hydrogen) atoms. The van der Waals surface area contributed by atoms with Crippen LogP contribution >= 0.6 is 15.9 Å². The first-order valence-electron chi connectivity index (χ1n) is 5.52. The lowest BCUT2D eigenvalue weighted by Crippen LogP contribution is -2.35. The molecule has 0 spiro atoms. The van der Waals surface area contributed by atoms with E-state index in [4.69, 9.17) is 0 Å². The predicted molar refractivity (Wildman–Crippen MR) is 71.2 cm³/mol. The fraction of sp³-hybridized carbons (Fsp3) is 0.333. The van der Waals surface area contributed by atoms with Gasteiger partial charge in [0.15, 0.2) is 0 Å². The van der Waals surface area contributed by atoms with Crippen molar-refractivity contribution in [1.82, 2.24) is 4.31 Å². The van der Waals surface area contributed by atoms with E-state index in [1.165, 1.54) is 16.4 Å². The molecule has 2 rings (SSSR count). The van der Waals surface area contributed by atoms with Gasteiger partial charge in [0.2, 0.25) is 10.0 Å². The summed E-state index contributed by atoms with van der Waals surface area (Å²) in [4.78, 5) is -0.265. The standard InChI is InChI=1S/C12H13BrFNO2S/c1-9-4-6-15(7-5-9)18(16,17)12-3-2-10(13)8-11(12)14/h2-4,8H,5-7H2,1H3. The van der Waals surface area contributed by atoms with Crippen LogP contribution in [0, 0.1) is 5.82 Å². The minimum Gasteiger partial charge on any atom is -0.207 e. The highest BCUT2D eigenvalue weighted by molar-refractivity contribution is 9.10. The van der Waals surface area contributed by atoms with Crippen molar-refractivity contribution in [3.05, 3.63) is 40.1 Å². The Labute approximate surface area is 114 Å². The third kappa shape index (κ3) is 2.65. The van der Waals surface area contributed by atoms with E-state index in [-0.39, 0.29) is 4.90 Å². The summed E-state index contributed by atoms with van der Waals surface area (Å²) in [5.74, 6) is -0.726. The highest BCUT2D eigenvalue weighted by Gasteiger charge is 2.28. The van der Waals surface area contributed by atoms with Crippen molar-refractivity contribution in [3.63, 3.8) is 0 Å². The maximum atomic E-state index is 13.7. The molecular weight excluding hydrogens is 321 g/mol. The quantitative estimate of drug-likeness (QED) is 0.780. The molecule has 0 bridgehead atoms. The molecule has 0 N–H and O–H groups in total. The van der Waals surface area contributed by atoms with E-state index in [1.54, 1.807) is 0 Å². The molecule has 1 aliphatic heterocycles. The number of halogens is 2. The van der Waals surface area contributed by atoms with Gasteiger partial charge in [0, 0.05) is 17.6 Å². The molecule has 98 valence electrons. The lowest BCUT2D eigenvalue weighted by atomic mass is 10.1. The van der Waals surface area contributed by atoms with Crippen LogP contribution in [0.25, 0.3) is 0 Å². The summed E-state index contributed by atoms with van der Waals surface area (Å²) < 4.78 is 40.1. The molecule has 1 aliphatic rings. The van der Waals surface area contributed by atoms with Gasteiger partial charge in [-0.05, 0) is 31.5 Å². The Morgan fingerprint density at radius 3 is 2.67 bits per heavy atom. The minimum absolute atomic E-state index is 0.265. The van der Waals surface area contributed by atoms with Crippen LogP contribution in [-0.4, -0.2) is 25.8 Å². The van der Waals surface area contributed by atoms with E-state index >= 15 is 0 Å². The third-order valence-corrected chi connectivity index (χ3v) is 5.30. The second kappa shape index (κ2) is 5.11. The summed E-state index contributed by atoms with van der Waals surface area (Å²) in [6.45, 7) is 2.67. The van der Waals surface area contributed by atoms with Crippen LogP contribution in [0.5, 0.6) is 0 Å². The second-order valence-corrected chi connectivity index (χ2v) is 7.06. The molecule has 0 unspecified atom stereocenters. The first-order chi connectivity index (χ1) is 8.41. The Hall–Kier alpha value is -0.720. The summed E-state index contributed by atoms with van der Waals surface area (Å²) in [6, 6.07) is 3.98. The molecule has 0 saturated carbocycles. The smallest absolute Gasteiger partial charge is 0.207 e. The van der Waals surface area contributed by atoms with E-state index in [2.05, 4.69) is 15.9 Å². The molecule has 6 heteroatoms. The molecule has 0 saturated heterocycles. The van der Waals surface area contributed by atoms with E-state index in [1.807, 2.05) is 13.0 Å². The monoisotopic (exact) mass is 333 g/mol. The van der Waals surface area contributed by atoms with Gasteiger partial charge in [0.25, 0.3) is 0 Å². The van der Waals surface area contributed by atoms with Crippen molar-refractivity contribution in [2.75, 3.05) is 13.1 Å². The van der Waals surface area contributed by atoms with Gasteiger partial charge in [-0.15, -0.1) is 0 Å². The zero-order valence-electron chi connectivity index (χ0n) is 9.86. The third-order valence-electron chi connectivity index (χ3n) is 2.91. The summed E-state index contributed by atoms with van der Waals surface area (Å²) in [6.07, 6.45) is 2.55. The van der Waals surface area contributed by atoms with E-state index in [0.29, 0.717) is 24.0 Å². The Morgan fingerprint density at radius 2 is 2.11 bits per heavy atom. The number of rotatable bonds is 2. The Bertz CT molecular complexity index is 598. The van der Waals surface area contributed by atoms with Gasteiger partial charge in [-0.2, -0.15) is 4.31 Å². The Morgan fingerprint density at radius 1 is 1.39 bits per heavy atom. The van der Waals surface area contributed by atoms with E-state index in [9.17, 15) is 12.8 Å². The van der Waals surface area contributed by atoms with Crippen LogP contribution < -0.4 is 0 Å². The Balaban J connectivity index is 2.37. The van der Waals surface area contributed by atoms with E-state index < -0.39 is 15.8 Å². The van der Waals surface area contributed by atoms with Gasteiger partial charge in [-0.3, -0.25) is 0 Å². The number of hydrogen-bond acceptors (Lipinski definition) is 2. The SMILES string of the molecule is CC1=CCN(S(=O)(=O)c2ccc(Br)cc2F)CC1. The van der Waals surface area contributed by atoms with Crippen molar-refractivity contribution >= 4 is 26.0 Å². The van der Waals surface area contributed by atoms with Gasteiger partial charge >= 0.3 is 0 Å². The van der Waals surface area contributed by atoms with Crippen LogP contribution in [0.1, 0.15) is 13.3 Å². The van der Waals surface area contributed by atoms with Crippen LogP contribution in [0.15, 0.2) is 39.2 Å². The van der Waals surface area contributed by atoms with Crippen LogP contribution in [0.4, 0.5) is 4.39 Å². The molecular formula is C12H13BrFNO2S. The molecule has 1 aromatic rings. The molecule has 1 aromatic carbocycles. The topological polar surface area (TPSA) is 37.4 Å². The largest absolute Gasteiger partial charge is 0.246 e. The van der Waals surface area contributed by atoms with Crippen molar-refractivity contribution in [2.24, 2.45) is 0 Å². The number of sulfonamides is 1. The average Bonchev–Trinajstić information content (AvgIpc) is 2.29. The van der Waals surface area contributed by atoms with Gasteiger partial charge in [-0.25, -0.2) is 12.8 Å². The first-order valence-corrected chi connectivity index (χ1v) is 7.75. The zero-order valence-corrected chi connectivity index (χ0v) is 12.3. The lowest BCUT2D eigenvalue weighted by molar-refractivity contribution is 0.427. The molecule has 0 amide bonds. The summed E-state index contributed by atoms with van der Waals surface area (Å²) in [5, 5.41) is 0. The first kappa shape index (κ1) is 13.7. The molecule has 0 aromatic heterocycles. The van der Waals surface area contributed by atoms with Gasteiger partial charge in [0.1, 0.15) is 10.7 Å². The highest BCUT2D eigenvalue weighted by atomic mass is 79.9. The summed E-state index contributed by atoms with van der Waals surface area (Å²) in [7, 11) is -3.74. The molecule has 0 radical (unpaired) electrons. The molecule has 0 atom stereocenters. The lowest BCUT2D eigenvalue weighted by Gasteiger charge is -2.24. The van der Waals surface area contributed by atoms with Crippen molar-refractivity contribution in [2.45, 2.75) is 18.2 Å². The molecule has 0 fully saturated rings. The van der Waals surface area contributed by atoms with Crippen molar-refractivity contribution in [3.8, 4) is 0 Å². The molecule has 3 nitrogen and oxygen atoms in total. The summed E-state index contributed by atoms with van der Waals surface area (Å²) in [5.41, 5.74) is 1.16. The zero-order chi connectivity index (χ0) is 13.3. The number of nitrogens with zero attached hydrogens (tertiary/aromatic N) is 1.